The maximum atomic E-state index is 14.7. The lowest BCUT2D eigenvalue weighted by Gasteiger charge is -2.12. The molecule has 0 amide bonds. The highest BCUT2D eigenvalue weighted by molar-refractivity contribution is 5.81. The van der Waals surface area contributed by atoms with E-state index >= 15 is 0 Å². The fourth-order valence-electron chi connectivity index (χ4n) is 2.82. The standard InChI is InChI=1S/C15H15F2NO2/c1-2-18-4-3-12(20)10-6-11(16)13(14(17)15(10)18)9-5-8(9)7-19/h3-4,6,8-9,19H,2,5,7H2,1H3. The second kappa shape index (κ2) is 4.66. The van der Waals surface area contributed by atoms with Crippen LogP contribution < -0.4 is 5.43 Å². The average molecular weight is 279 g/mol. The van der Waals surface area contributed by atoms with Gasteiger partial charge in [-0.15, -0.1) is 0 Å². The van der Waals surface area contributed by atoms with Crippen LogP contribution in [0.25, 0.3) is 10.9 Å². The molecule has 5 heteroatoms. The molecule has 1 N–H and O–H groups in total. The van der Waals surface area contributed by atoms with E-state index in [1.165, 1.54) is 12.3 Å². The van der Waals surface area contributed by atoms with Crippen molar-refractivity contribution in [2.45, 2.75) is 25.8 Å². The Morgan fingerprint density at radius 2 is 2.20 bits per heavy atom. The first-order valence-corrected chi connectivity index (χ1v) is 6.70. The summed E-state index contributed by atoms with van der Waals surface area (Å²) in [6.07, 6.45) is 2.10. The minimum atomic E-state index is -0.693. The Labute approximate surface area is 114 Å². The third kappa shape index (κ3) is 1.85. The molecular weight excluding hydrogens is 264 g/mol. The molecule has 0 bridgehead atoms. The first kappa shape index (κ1) is 13.2. The lowest BCUT2D eigenvalue weighted by atomic mass is 10.0. The summed E-state index contributed by atoms with van der Waals surface area (Å²) >= 11 is 0. The maximum Gasteiger partial charge on any atom is 0.189 e. The van der Waals surface area contributed by atoms with E-state index in [4.69, 9.17) is 5.11 Å². The second-order valence-corrected chi connectivity index (χ2v) is 5.23. The summed E-state index contributed by atoms with van der Waals surface area (Å²) in [7, 11) is 0. The van der Waals surface area contributed by atoms with Crippen LogP contribution in [0.1, 0.15) is 24.8 Å². The number of aromatic nitrogens is 1. The monoisotopic (exact) mass is 279 g/mol. The van der Waals surface area contributed by atoms with E-state index in [-0.39, 0.29) is 40.3 Å². The van der Waals surface area contributed by atoms with Crippen molar-refractivity contribution in [1.29, 1.82) is 0 Å². The van der Waals surface area contributed by atoms with Gasteiger partial charge in [-0.2, -0.15) is 0 Å². The third-order valence-electron chi connectivity index (χ3n) is 4.05. The first-order chi connectivity index (χ1) is 9.58. The number of fused-ring (bicyclic) bond motifs is 1. The van der Waals surface area contributed by atoms with Gasteiger partial charge in [-0.1, -0.05) is 0 Å². The van der Waals surface area contributed by atoms with Crippen molar-refractivity contribution in [2.24, 2.45) is 5.92 Å². The van der Waals surface area contributed by atoms with Crippen LogP contribution in [0.15, 0.2) is 23.1 Å². The van der Waals surface area contributed by atoms with Gasteiger partial charge in [-0.05, 0) is 31.2 Å². The van der Waals surface area contributed by atoms with Gasteiger partial charge in [0.05, 0.1) is 10.9 Å². The Hall–Kier alpha value is -1.75. The number of aliphatic hydroxyl groups excluding tert-OH is 1. The van der Waals surface area contributed by atoms with Gasteiger partial charge in [0.15, 0.2) is 11.2 Å². The van der Waals surface area contributed by atoms with Crippen molar-refractivity contribution in [1.82, 2.24) is 4.57 Å². The minimum Gasteiger partial charge on any atom is -0.396 e. The molecule has 0 radical (unpaired) electrons. The van der Waals surface area contributed by atoms with E-state index in [1.54, 1.807) is 4.57 Å². The number of aryl methyl sites for hydroxylation is 1. The fraction of sp³-hybridized carbons (Fsp3) is 0.400. The van der Waals surface area contributed by atoms with E-state index in [1.807, 2.05) is 6.92 Å². The quantitative estimate of drug-likeness (QED) is 0.937. The van der Waals surface area contributed by atoms with Crippen LogP contribution in [-0.4, -0.2) is 16.3 Å². The van der Waals surface area contributed by atoms with Crippen LogP contribution in [0, 0.1) is 17.6 Å². The van der Waals surface area contributed by atoms with Gasteiger partial charge in [0.2, 0.25) is 0 Å². The maximum absolute atomic E-state index is 14.7. The number of halogens is 2. The molecule has 20 heavy (non-hydrogen) atoms. The Morgan fingerprint density at radius 3 is 2.80 bits per heavy atom. The fourth-order valence-corrected chi connectivity index (χ4v) is 2.82. The third-order valence-corrected chi connectivity index (χ3v) is 4.05. The SMILES string of the molecule is CCn1ccc(=O)c2cc(F)c(C3CC3CO)c(F)c21. The number of pyridine rings is 1. The van der Waals surface area contributed by atoms with Crippen LogP contribution in [0.2, 0.25) is 0 Å². The highest BCUT2D eigenvalue weighted by Crippen LogP contribution is 2.49. The van der Waals surface area contributed by atoms with Crippen LogP contribution in [-0.2, 0) is 6.54 Å². The number of nitrogens with zero attached hydrogens (tertiary/aromatic N) is 1. The van der Waals surface area contributed by atoms with Gasteiger partial charge < -0.3 is 9.67 Å². The molecule has 1 aromatic heterocycles. The molecule has 1 saturated carbocycles. The summed E-state index contributed by atoms with van der Waals surface area (Å²) < 4.78 is 30.4. The molecule has 2 atom stereocenters. The van der Waals surface area contributed by atoms with E-state index in [0.717, 1.165) is 6.07 Å². The zero-order valence-corrected chi connectivity index (χ0v) is 11.1. The lowest BCUT2D eigenvalue weighted by molar-refractivity contribution is 0.273. The van der Waals surface area contributed by atoms with Crippen molar-refractivity contribution in [3.63, 3.8) is 0 Å². The Bertz CT molecular complexity index is 739. The molecule has 1 aliphatic carbocycles. The van der Waals surface area contributed by atoms with Gasteiger partial charge in [0, 0.05) is 31.0 Å². The van der Waals surface area contributed by atoms with Crippen LogP contribution in [0.3, 0.4) is 0 Å². The topological polar surface area (TPSA) is 42.2 Å². The molecule has 0 aliphatic heterocycles. The Balaban J connectivity index is 2.31. The zero-order valence-electron chi connectivity index (χ0n) is 11.1. The summed E-state index contributed by atoms with van der Waals surface area (Å²) in [6, 6.07) is 2.44. The Morgan fingerprint density at radius 1 is 1.45 bits per heavy atom. The number of aliphatic hydroxyl groups is 1. The van der Waals surface area contributed by atoms with E-state index in [9.17, 15) is 13.6 Å². The predicted molar refractivity (Wildman–Crippen MR) is 71.7 cm³/mol. The van der Waals surface area contributed by atoms with Crippen LogP contribution in [0.5, 0.6) is 0 Å². The van der Waals surface area contributed by atoms with Gasteiger partial charge in [-0.3, -0.25) is 4.79 Å². The second-order valence-electron chi connectivity index (χ2n) is 5.23. The van der Waals surface area contributed by atoms with E-state index in [2.05, 4.69) is 0 Å². The molecule has 1 aromatic carbocycles. The molecule has 1 heterocycles. The smallest absolute Gasteiger partial charge is 0.189 e. The molecule has 1 aliphatic rings. The highest BCUT2D eigenvalue weighted by atomic mass is 19.1. The summed E-state index contributed by atoms with van der Waals surface area (Å²) in [4.78, 5) is 11.8. The minimum absolute atomic E-state index is 0.00403. The summed E-state index contributed by atoms with van der Waals surface area (Å²) in [5.74, 6) is -1.73. The molecular formula is C15H15F2NO2. The number of hydrogen-bond acceptors (Lipinski definition) is 2. The molecule has 0 saturated heterocycles. The van der Waals surface area contributed by atoms with Gasteiger partial charge >= 0.3 is 0 Å². The molecule has 3 nitrogen and oxygen atoms in total. The number of rotatable bonds is 3. The molecule has 1 fully saturated rings. The number of benzene rings is 1. The van der Waals surface area contributed by atoms with Crippen molar-refractivity contribution in [2.75, 3.05) is 6.61 Å². The molecule has 0 spiro atoms. The van der Waals surface area contributed by atoms with Crippen molar-refractivity contribution < 1.29 is 13.9 Å². The largest absolute Gasteiger partial charge is 0.396 e. The average Bonchev–Trinajstić information content (AvgIpc) is 3.19. The first-order valence-electron chi connectivity index (χ1n) is 6.70. The molecule has 106 valence electrons. The van der Waals surface area contributed by atoms with Crippen molar-refractivity contribution >= 4 is 10.9 Å². The van der Waals surface area contributed by atoms with Gasteiger partial charge in [-0.25, -0.2) is 8.78 Å². The van der Waals surface area contributed by atoms with E-state index in [0.29, 0.717) is 13.0 Å². The summed E-state index contributed by atoms with van der Waals surface area (Å²) in [5, 5.41) is 9.14. The van der Waals surface area contributed by atoms with Crippen molar-refractivity contribution in [3.05, 3.63) is 45.8 Å². The van der Waals surface area contributed by atoms with Crippen LogP contribution >= 0.6 is 0 Å². The summed E-state index contributed by atoms with van der Waals surface area (Å²) in [6.45, 7) is 2.25. The predicted octanol–water partition coefficient (Wildman–Crippen LogP) is 2.40. The summed E-state index contributed by atoms with van der Waals surface area (Å²) in [5.41, 5.74) is -0.229. The van der Waals surface area contributed by atoms with Crippen LogP contribution in [0.4, 0.5) is 8.78 Å². The van der Waals surface area contributed by atoms with Crippen molar-refractivity contribution in [3.8, 4) is 0 Å². The molecule has 2 unspecified atom stereocenters. The number of hydrogen-bond donors (Lipinski definition) is 1. The zero-order chi connectivity index (χ0) is 14.4. The highest BCUT2D eigenvalue weighted by Gasteiger charge is 2.41. The molecule has 3 rings (SSSR count). The Kier molecular flexibility index (Phi) is 3.09. The van der Waals surface area contributed by atoms with Gasteiger partial charge in [0.1, 0.15) is 5.82 Å². The van der Waals surface area contributed by atoms with E-state index < -0.39 is 11.6 Å². The lowest BCUT2D eigenvalue weighted by Crippen LogP contribution is -2.11. The molecule has 2 aromatic rings. The van der Waals surface area contributed by atoms with Gasteiger partial charge in [0.25, 0.3) is 0 Å². The normalized spacial score (nSPS) is 21.4.